The summed E-state index contributed by atoms with van der Waals surface area (Å²) in [5, 5.41) is 0. The number of rotatable bonds is 5. The summed E-state index contributed by atoms with van der Waals surface area (Å²) in [5.74, 6) is 1.42. The molecule has 0 bridgehead atoms. The molecule has 3 heteroatoms. The molecule has 62 valence electrons. The normalized spacial score (nSPS) is 14.1. The lowest BCUT2D eigenvalue weighted by Gasteiger charge is -2.11. The molecule has 3 N–H and O–H groups in total. The van der Waals surface area contributed by atoms with Crippen LogP contribution in [0.1, 0.15) is 26.7 Å². The molecule has 0 radical (unpaired) electrons. The minimum absolute atomic E-state index is 0.264. The number of hydrogen-bond acceptors (Lipinski definition) is 3. The van der Waals surface area contributed by atoms with Crippen LogP contribution in [0, 0.1) is 5.92 Å². The molecule has 0 aromatic rings. The zero-order chi connectivity index (χ0) is 7.98. The van der Waals surface area contributed by atoms with E-state index in [0.29, 0.717) is 5.92 Å². The summed E-state index contributed by atoms with van der Waals surface area (Å²) in [6.45, 7) is 4.32. The molecule has 2 nitrogen and oxygen atoms in total. The molecule has 10 heavy (non-hydrogen) atoms. The molecular weight excluding hydrogens is 146 g/mol. The number of nitrogens with two attached hydrogens (primary N) is 1. The van der Waals surface area contributed by atoms with E-state index < -0.39 is 0 Å². The van der Waals surface area contributed by atoms with Crippen molar-refractivity contribution < 1.29 is 4.55 Å². The smallest absolute Gasteiger partial charge is 0.0210 e. The van der Waals surface area contributed by atoms with Gasteiger partial charge in [0.15, 0.2) is 0 Å². The Morgan fingerprint density at radius 3 is 2.50 bits per heavy atom. The monoisotopic (exact) mass is 163 g/mol. The first-order valence-corrected chi connectivity index (χ1v) is 4.63. The van der Waals surface area contributed by atoms with Gasteiger partial charge in [0.05, 0.1) is 0 Å². The third-order valence-corrected chi connectivity index (χ3v) is 1.77. The first kappa shape index (κ1) is 10.3. The summed E-state index contributed by atoms with van der Waals surface area (Å²) in [7, 11) is 0. The van der Waals surface area contributed by atoms with Crippen molar-refractivity contribution in [3.8, 4) is 0 Å². The molecule has 0 aromatic heterocycles. The van der Waals surface area contributed by atoms with Crippen LogP contribution in [-0.4, -0.2) is 16.3 Å². The Kier molecular flexibility index (Phi) is 6.17. The van der Waals surface area contributed by atoms with Gasteiger partial charge in [-0.15, -0.1) is 0 Å². The summed E-state index contributed by atoms with van der Waals surface area (Å²) in [4.78, 5) is 0. The van der Waals surface area contributed by atoms with Crippen LogP contribution in [0.15, 0.2) is 0 Å². The molecule has 1 atom stereocenters. The van der Waals surface area contributed by atoms with Crippen molar-refractivity contribution in [1.82, 2.24) is 0 Å². The fourth-order valence-electron chi connectivity index (χ4n) is 0.927. The molecular formula is C7H17NOS. The van der Waals surface area contributed by atoms with Gasteiger partial charge in [0.1, 0.15) is 0 Å². The molecule has 0 saturated carbocycles. The summed E-state index contributed by atoms with van der Waals surface area (Å²) in [6.07, 6.45) is 1.97. The zero-order valence-electron chi connectivity index (χ0n) is 6.71. The van der Waals surface area contributed by atoms with Gasteiger partial charge in [-0.2, -0.15) is 0 Å². The third kappa shape index (κ3) is 6.39. The first-order valence-electron chi connectivity index (χ1n) is 3.68. The van der Waals surface area contributed by atoms with E-state index in [2.05, 4.69) is 13.8 Å². The molecule has 0 aromatic carbocycles. The van der Waals surface area contributed by atoms with Crippen molar-refractivity contribution in [3.63, 3.8) is 0 Å². The summed E-state index contributed by atoms with van der Waals surface area (Å²) < 4.78 is 8.41. The van der Waals surface area contributed by atoms with Gasteiger partial charge in [0.25, 0.3) is 0 Å². The second-order valence-corrected chi connectivity index (χ2v) is 3.68. The predicted octanol–water partition coefficient (Wildman–Crippen LogP) is 1.96. The summed E-state index contributed by atoms with van der Waals surface area (Å²) in [6, 6.07) is 0.264. The highest BCUT2D eigenvalue weighted by Gasteiger charge is 2.03. The van der Waals surface area contributed by atoms with Gasteiger partial charge in [0, 0.05) is 11.8 Å². The van der Waals surface area contributed by atoms with Crippen LogP contribution in [0.2, 0.25) is 0 Å². The quantitative estimate of drug-likeness (QED) is 0.609. The van der Waals surface area contributed by atoms with E-state index in [1.807, 2.05) is 0 Å². The average Bonchev–Trinajstić information content (AvgIpc) is 1.82. The molecule has 0 heterocycles. The second kappa shape index (κ2) is 6.01. The van der Waals surface area contributed by atoms with Gasteiger partial charge in [-0.1, -0.05) is 13.8 Å². The summed E-state index contributed by atoms with van der Waals surface area (Å²) >= 11 is 0.877. The maximum atomic E-state index is 8.41. The van der Waals surface area contributed by atoms with Crippen LogP contribution < -0.4 is 5.73 Å². The minimum atomic E-state index is 0.264. The van der Waals surface area contributed by atoms with Crippen molar-refractivity contribution in [2.45, 2.75) is 32.7 Å². The standard InChI is InChI=1S/C7H17NOS/c1-6(2)5-7(8)3-4-10-9/h6-7,9H,3-5,8H2,1-2H3. The fourth-order valence-corrected chi connectivity index (χ4v) is 1.34. The fraction of sp³-hybridized carbons (Fsp3) is 1.00. The Labute approximate surface area is 67.4 Å². The van der Waals surface area contributed by atoms with Crippen LogP contribution in [-0.2, 0) is 0 Å². The van der Waals surface area contributed by atoms with Crippen LogP contribution >= 0.6 is 12.0 Å². The van der Waals surface area contributed by atoms with E-state index in [4.69, 9.17) is 10.3 Å². The van der Waals surface area contributed by atoms with E-state index in [-0.39, 0.29) is 6.04 Å². The number of hydrogen-bond donors (Lipinski definition) is 2. The Balaban J connectivity index is 3.16. The average molecular weight is 163 g/mol. The van der Waals surface area contributed by atoms with Crippen molar-refractivity contribution in [2.24, 2.45) is 11.7 Å². The van der Waals surface area contributed by atoms with Gasteiger partial charge in [-0.3, -0.25) is 0 Å². The van der Waals surface area contributed by atoms with E-state index >= 15 is 0 Å². The van der Waals surface area contributed by atoms with Crippen LogP contribution in [0.3, 0.4) is 0 Å². The highest BCUT2D eigenvalue weighted by atomic mass is 32.2. The van der Waals surface area contributed by atoms with Gasteiger partial charge >= 0.3 is 0 Å². The maximum absolute atomic E-state index is 8.41. The first-order chi connectivity index (χ1) is 4.66. The lowest BCUT2D eigenvalue weighted by atomic mass is 10.0. The zero-order valence-corrected chi connectivity index (χ0v) is 7.53. The largest absolute Gasteiger partial charge is 0.330 e. The molecule has 0 fully saturated rings. The predicted molar refractivity (Wildman–Crippen MR) is 47.1 cm³/mol. The highest BCUT2D eigenvalue weighted by Crippen LogP contribution is 2.07. The Morgan fingerprint density at radius 1 is 1.50 bits per heavy atom. The lowest BCUT2D eigenvalue weighted by Crippen LogP contribution is -2.22. The molecule has 1 unspecified atom stereocenters. The Hall–Kier alpha value is 0.270. The molecule has 0 aliphatic carbocycles. The maximum Gasteiger partial charge on any atom is 0.0210 e. The molecule has 0 rings (SSSR count). The third-order valence-electron chi connectivity index (χ3n) is 1.35. The van der Waals surface area contributed by atoms with E-state index in [9.17, 15) is 0 Å². The lowest BCUT2D eigenvalue weighted by molar-refractivity contribution is 0.486. The Bertz CT molecular complexity index is 78.0. The van der Waals surface area contributed by atoms with E-state index in [0.717, 1.165) is 30.6 Å². The Morgan fingerprint density at radius 2 is 2.10 bits per heavy atom. The minimum Gasteiger partial charge on any atom is -0.330 e. The van der Waals surface area contributed by atoms with Gasteiger partial charge in [-0.05, 0) is 30.8 Å². The molecule has 0 spiro atoms. The van der Waals surface area contributed by atoms with Gasteiger partial charge in [0.2, 0.25) is 0 Å². The highest BCUT2D eigenvalue weighted by molar-refractivity contribution is 7.93. The molecule has 0 amide bonds. The van der Waals surface area contributed by atoms with Crippen molar-refractivity contribution in [1.29, 1.82) is 0 Å². The topological polar surface area (TPSA) is 46.2 Å². The van der Waals surface area contributed by atoms with Crippen LogP contribution in [0.4, 0.5) is 0 Å². The van der Waals surface area contributed by atoms with Crippen molar-refractivity contribution in [3.05, 3.63) is 0 Å². The molecule has 0 saturated heterocycles. The molecule has 0 aliphatic heterocycles. The van der Waals surface area contributed by atoms with Gasteiger partial charge in [-0.25, -0.2) is 0 Å². The molecule has 0 aliphatic rings. The van der Waals surface area contributed by atoms with Crippen LogP contribution in [0.5, 0.6) is 0 Å². The SMILES string of the molecule is CC(C)CC(N)CCSO. The van der Waals surface area contributed by atoms with E-state index in [1.165, 1.54) is 0 Å². The van der Waals surface area contributed by atoms with Crippen LogP contribution in [0.25, 0.3) is 0 Å². The van der Waals surface area contributed by atoms with E-state index in [1.54, 1.807) is 0 Å². The second-order valence-electron chi connectivity index (χ2n) is 3.01. The summed E-state index contributed by atoms with van der Waals surface area (Å²) in [5.41, 5.74) is 5.74. The van der Waals surface area contributed by atoms with Crippen molar-refractivity contribution >= 4 is 12.0 Å². The van der Waals surface area contributed by atoms with Gasteiger partial charge < -0.3 is 10.3 Å². The van der Waals surface area contributed by atoms with Crippen molar-refractivity contribution in [2.75, 3.05) is 5.75 Å².